The first-order chi connectivity index (χ1) is 10.7. The van der Waals surface area contributed by atoms with Gasteiger partial charge in [0.1, 0.15) is 11.1 Å². The molecule has 0 aliphatic carbocycles. The molecule has 1 aliphatic heterocycles. The Bertz CT molecular complexity index is 630. The summed E-state index contributed by atoms with van der Waals surface area (Å²) in [5.41, 5.74) is 3.41. The molecule has 0 bridgehead atoms. The number of nitrogens with one attached hydrogen (secondary N) is 1. The van der Waals surface area contributed by atoms with Gasteiger partial charge in [0, 0.05) is 30.5 Å². The summed E-state index contributed by atoms with van der Waals surface area (Å²) >= 11 is 1.64. The van der Waals surface area contributed by atoms with E-state index < -0.39 is 0 Å². The molecule has 1 saturated heterocycles. The lowest BCUT2D eigenvalue weighted by atomic mass is 10.2. The average Bonchev–Trinajstić information content (AvgIpc) is 3.19. The van der Waals surface area contributed by atoms with Crippen LogP contribution >= 0.6 is 11.3 Å². The lowest BCUT2D eigenvalue weighted by Crippen LogP contribution is -2.35. The van der Waals surface area contributed by atoms with Gasteiger partial charge in [-0.25, -0.2) is 4.98 Å². The number of amides is 1. The van der Waals surface area contributed by atoms with Crippen molar-refractivity contribution in [3.63, 3.8) is 0 Å². The highest BCUT2D eigenvalue weighted by Gasteiger charge is 2.22. The summed E-state index contributed by atoms with van der Waals surface area (Å²) in [6, 6.07) is 8.38. The number of carbonyl (C=O) groups is 1. The Morgan fingerprint density at radius 2 is 2.23 bits per heavy atom. The standard InChI is InChI=1S/C17H20N2O2S/c1-12-4-6-13(7-5-12)17-19-14(11-22-17)8-9-18-16(20)15-3-2-10-21-15/h4-7,11,15H,2-3,8-10H2,1H3,(H,18,20). The molecule has 4 nitrogen and oxygen atoms in total. The van der Waals surface area contributed by atoms with Crippen LogP contribution in [0.15, 0.2) is 29.6 Å². The Balaban J connectivity index is 1.51. The van der Waals surface area contributed by atoms with Crippen LogP contribution in [0.2, 0.25) is 0 Å². The Kier molecular flexibility index (Phi) is 4.85. The van der Waals surface area contributed by atoms with Crippen LogP contribution in [0.3, 0.4) is 0 Å². The summed E-state index contributed by atoms with van der Waals surface area (Å²) in [6.07, 6.45) is 2.31. The summed E-state index contributed by atoms with van der Waals surface area (Å²) in [6.45, 7) is 3.38. The zero-order chi connectivity index (χ0) is 15.4. The van der Waals surface area contributed by atoms with Crippen molar-refractivity contribution in [2.75, 3.05) is 13.2 Å². The zero-order valence-corrected chi connectivity index (χ0v) is 13.5. The van der Waals surface area contributed by atoms with Gasteiger partial charge in [-0.05, 0) is 19.8 Å². The van der Waals surface area contributed by atoms with E-state index in [0.29, 0.717) is 13.2 Å². The van der Waals surface area contributed by atoms with Crippen molar-refractivity contribution in [1.82, 2.24) is 10.3 Å². The van der Waals surface area contributed by atoms with Crippen molar-refractivity contribution in [3.05, 3.63) is 40.9 Å². The molecule has 1 aliphatic rings. The molecule has 0 radical (unpaired) electrons. The summed E-state index contributed by atoms with van der Waals surface area (Å²) in [4.78, 5) is 16.5. The van der Waals surface area contributed by atoms with Crippen molar-refractivity contribution >= 4 is 17.2 Å². The van der Waals surface area contributed by atoms with Crippen LogP contribution in [0, 0.1) is 6.92 Å². The number of hydrogen-bond acceptors (Lipinski definition) is 4. The molecule has 116 valence electrons. The zero-order valence-electron chi connectivity index (χ0n) is 12.7. The van der Waals surface area contributed by atoms with Gasteiger partial charge >= 0.3 is 0 Å². The number of hydrogen-bond donors (Lipinski definition) is 1. The second-order valence-corrected chi connectivity index (χ2v) is 6.41. The van der Waals surface area contributed by atoms with Crippen LogP contribution < -0.4 is 5.32 Å². The SMILES string of the molecule is Cc1ccc(-c2nc(CCNC(=O)C3CCCO3)cs2)cc1. The summed E-state index contributed by atoms with van der Waals surface area (Å²) in [7, 11) is 0. The maximum absolute atomic E-state index is 11.8. The van der Waals surface area contributed by atoms with Crippen LogP contribution in [0.4, 0.5) is 0 Å². The quantitative estimate of drug-likeness (QED) is 0.922. The number of nitrogens with zero attached hydrogens (tertiary/aromatic N) is 1. The van der Waals surface area contributed by atoms with Gasteiger partial charge in [-0.2, -0.15) is 0 Å². The molecule has 2 heterocycles. The Morgan fingerprint density at radius 3 is 2.95 bits per heavy atom. The van der Waals surface area contributed by atoms with Crippen molar-refractivity contribution < 1.29 is 9.53 Å². The lowest BCUT2D eigenvalue weighted by molar-refractivity contribution is -0.129. The predicted molar refractivity (Wildman–Crippen MR) is 88.0 cm³/mol. The predicted octanol–water partition coefficient (Wildman–Crippen LogP) is 2.96. The van der Waals surface area contributed by atoms with Crippen LogP contribution in [0.25, 0.3) is 10.6 Å². The Labute approximate surface area is 134 Å². The smallest absolute Gasteiger partial charge is 0.249 e. The molecule has 1 unspecified atom stereocenters. The number of ether oxygens (including phenoxy) is 1. The third kappa shape index (κ3) is 3.72. The first kappa shape index (κ1) is 15.2. The maximum Gasteiger partial charge on any atom is 0.249 e. The molecule has 22 heavy (non-hydrogen) atoms. The fourth-order valence-corrected chi connectivity index (χ4v) is 3.32. The average molecular weight is 316 g/mol. The summed E-state index contributed by atoms with van der Waals surface area (Å²) in [5, 5.41) is 6.02. The number of aryl methyl sites for hydroxylation is 1. The summed E-state index contributed by atoms with van der Waals surface area (Å²) in [5.74, 6) is 0.00601. The molecule has 1 fully saturated rings. The van der Waals surface area contributed by atoms with Crippen molar-refractivity contribution in [2.24, 2.45) is 0 Å². The highest BCUT2D eigenvalue weighted by atomic mass is 32.1. The molecule has 1 amide bonds. The van der Waals surface area contributed by atoms with Crippen LogP contribution in [0.5, 0.6) is 0 Å². The topological polar surface area (TPSA) is 51.2 Å². The van der Waals surface area contributed by atoms with E-state index in [9.17, 15) is 4.79 Å². The van der Waals surface area contributed by atoms with Gasteiger partial charge in [-0.1, -0.05) is 29.8 Å². The van der Waals surface area contributed by atoms with Gasteiger partial charge in [0.25, 0.3) is 0 Å². The fourth-order valence-electron chi connectivity index (χ4n) is 2.46. The first-order valence-corrected chi connectivity index (χ1v) is 8.51. The van der Waals surface area contributed by atoms with Gasteiger partial charge in [-0.15, -0.1) is 11.3 Å². The molecule has 1 N–H and O–H groups in total. The normalized spacial score (nSPS) is 17.6. The van der Waals surface area contributed by atoms with Crippen molar-refractivity contribution in [2.45, 2.75) is 32.3 Å². The second kappa shape index (κ2) is 7.03. The van der Waals surface area contributed by atoms with E-state index in [4.69, 9.17) is 4.74 Å². The monoisotopic (exact) mass is 316 g/mol. The largest absolute Gasteiger partial charge is 0.368 e. The van der Waals surface area contributed by atoms with Crippen molar-refractivity contribution in [3.8, 4) is 10.6 Å². The van der Waals surface area contributed by atoms with E-state index >= 15 is 0 Å². The highest BCUT2D eigenvalue weighted by Crippen LogP contribution is 2.24. The lowest BCUT2D eigenvalue weighted by Gasteiger charge is -2.09. The molecule has 0 saturated carbocycles. The molecule has 0 spiro atoms. The first-order valence-electron chi connectivity index (χ1n) is 7.63. The van der Waals surface area contributed by atoms with Crippen LogP contribution in [-0.2, 0) is 16.0 Å². The van der Waals surface area contributed by atoms with Crippen LogP contribution in [-0.4, -0.2) is 30.1 Å². The minimum atomic E-state index is -0.251. The highest BCUT2D eigenvalue weighted by molar-refractivity contribution is 7.13. The Hall–Kier alpha value is -1.72. The second-order valence-electron chi connectivity index (χ2n) is 5.55. The third-order valence-corrected chi connectivity index (χ3v) is 4.69. The maximum atomic E-state index is 11.8. The third-order valence-electron chi connectivity index (χ3n) is 3.75. The number of rotatable bonds is 5. The molecule has 1 aromatic carbocycles. The van der Waals surface area contributed by atoms with E-state index in [1.54, 1.807) is 11.3 Å². The Morgan fingerprint density at radius 1 is 1.41 bits per heavy atom. The number of thiazole rings is 1. The van der Waals surface area contributed by atoms with Crippen molar-refractivity contribution in [1.29, 1.82) is 0 Å². The molecule has 1 aromatic heterocycles. The van der Waals surface area contributed by atoms with Gasteiger partial charge in [0.2, 0.25) is 5.91 Å². The minimum Gasteiger partial charge on any atom is -0.368 e. The molecular formula is C17H20N2O2S. The van der Waals surface area contributed by atoms with E-state index in [0.717, 1.165) is 35.5 Å². The molecule has 5 heteroatoms. The van der Waals surface area contributed by atoms with E-state index in [-0.39, 0.29) is 12.0 Å². The van der Waals surface area contributed by atoms with E-state index in [2.05, 4.69) is 46.9 Å². The number of benzene rings is 1. The minimum absolute atomic E-state index is 0.00601. The van der Waals surface area contributed by atoms with Gasteiger partial charge < -0.3 is 10.1 Å². The molecular weight excluding hydrogens is 296 g/mol. The van der Waals surface area contributed by atoms with E-state index in [1.165, 1.54) is 5.56 Å². The summed E-state index contributed by atoms with van der Waals surface area (Å²) < 4.78 is 5.36. The van der Waals surface area contributed by atoms with Gasteiger partial charge in [-0.3, -0.25) is 4.79 Å². The number of aromatic nitrogens is 1. The molecule has 1 atom stereocenters. The number of carbonyl (C=O) groups excluding carboxylic acids is 1. The molecule has 3 rings (SSSR count). The molecule has 2 aromatic rings. The van der Waals surface area contributed by atoms with Gasteiger partial charge in [0.05, 0.1) is 5.69 Å². The van der Waals surface area contributed by atoms with Gasteiger partial charge in [0.15, 0.2) is 0 Å². The fraction of sp³-hybridized carbons (Fsp3) is 0.412. The van der Waals surface area contributed by atoms with E-state index in [1.807, 2.05) is 0 Å². The van der Waals surface area contributed by atoms with Crippen LogP contribution in [0.1, 0.15) is 24.1 Å².